The molecule has 2 aromatic carbocycles. The summed E-state index contributed by atoms with van der Waals surface area (Å²) in [7, 11) is 3.07. The van der Waals surface area contributed by atoms with Crippen LogP contribution in [-0.4, -0.2) is 168 Å². The van der Waals surface area contributed by atoms with Gasteiger partial charge in [0.2, 0.25) is 5.91 Å². The molecule has 2 aliphatic heterocycles. The summed E-state index contributed by atoms with van der Waals surface area (Å²) in [6.45, 7) is 15.2. The van der Waals surface area contributed by atoms with Crippen LogP contribution in [0.5, 0.6) is 11.5 Å². The standard InChI is InChI=1S/C43H69N9O9/c1-30(2)38(47-42(56)44-14-16-50-18-22-60-23-19-50)40(54)46-34(26-32-10-8-7-9-11-32)35(53)29-52(28-33-12-13-36(58-5)37(27-33)59-6)49-41(55)39(31(3)4)48-43(57)45-15-17-51-20-24-61-25-21-51/h7-13,27,30-31,34-35,38-39,53H,14-26,28-29H2,1-6H3,(H,46,54)(H,49,55)(H2,44,47,56)(H2,45,48,57)/t34-,35-,38-,39-/m0/s1. The fourth-order valence-corrected chi connectivity index (χ4v) is 7.11. The number of nitrogens with zero attached hydrogens (tertiary/aromatic N) is 3. The Kier molecular flexibility index (Phi) is 20.8. The van der Waals surface area contributed by atoms with E-state index in [0.717, 1.165) is 37.3 Å². The summed E-state index contributed by atoms with van der Waals surface area (Å²) in [5.74, 6) is -0.516. The molecule has 61 heavy (non-hydrogen) atoms. The molecule has 0 bridgehead atoms. The summed E-state index contributed by atoms with van der Waals surface area (Å²) in [5, 5.41) is 28.0. The summed E-state index contributed by atoms with van der Waals surface area (Å²) in [5.41, 5.74) is 4.54. The number of morpholine rings is 2. The number of hydrogen-bond acceptors (Lipinski definition) is 12. The van der Waals surface area contributed by atoms with E-state index in [0.29, 0.717) is 64.1 Å². The Hall–Kier alpha value is -4.72. The topological polar surface area (TPSA) is 207 Å². The Morgan fingerprint density at radius 2 is 1.23 bits per heavy atom. The van der Waals surface area contributed by atoms with Crippen LogP contribution < -0.4 is 41.5 Å². The van der Waals surface area contributed by atoms with E-state index in [9.17, 15) is 24.3 Å². The second kappa shape index (κ2) is 25.9. The first-order valence-corrected chi connectivity index (χ1v) is 21.3. The molecule has 0 spiro atoms. The van der Waals surface area contributed by atoms with E-state index in [1.165, 1.54) is 14.2 Å². The molecule has 7 N–H and O–H groups in total. The molecule has 2 heterocycles. The molecular formula is C43H69N9O9. The summed E-state index contributed by atoms with van der Waals surface area (Å²) >= 11 is 0. The van der Waals surface area contributed by atoms with Crippen LogP contribution in [0.1, 0.15) is 38.8 Å². The van der Waals surface area contributed by atoms with Crippen molar-refractivity contribution in [1.82, 2.24) is 46.8 Å². The Morgan fingerprint density at radius 3 is 1.74 bits per heavy atom. The lowest BCUT2D eigenvalue weighted by Crippen LogP contribution is -2.60. The zero-order valence-corrected chi connectivity index (χ0v) is 36.7. The first-order valence-electron chi connectivity index (χ1n) is 21.3. The maximum absolute atomic E-state index is 14.0. The molecule has 0 aliphatic carbocycles. The molecule has 2 aromatic rings. The van der Waals surface area contributed by atoms with Crippen LogP contribution in [0, 0.1) is 11.8 Å². The van der Waals surface area contributed by atoms with Gasteiger partial charge in [0.25, 0.3) is 5.91 Å². The molecule has 0 radical (unpaired) electrons. The molecule has 0 saturated carbocycles. The van der Waals surface area contributed by atoms with Crippen LogP contribution in [-0.2, 0) is 32.0 Å². The SMILES string of the molecule is COc1ccc(CN(C[C@H](O)[C@H](Cc2ccccc2)NC(=O)[C@@H](NC(=O)NCCN2CCOCC2)C(C)C)NC(=O)[C@@H](NC(=O)NCCN2CCOCC2)C(C)C)cc1OC. The van der Waals surface area contributed by atoms with Crippen LogP contribution in [0.2, 0.25) is 0 Å². The number of ether oxygens (including phenoxy) is 4. The Morgan fingerprint density at radius 1 is 0.705 bits per heavy atom. The third-order valence-corrected chi connectivity index (χ3v) is 10.7. The molecule has 4 atom stereocenters. The average Bonchev–Trinajstić information content (AvgIpc) is 3.25. The van der Waals surface area contributed by atoms with Gasteiger partial charge in [0.15, 0.2) is 11.5 Å². The van der Waals surface area contributed by atoms with Crippen LogP contribution in [0.15, 0.2) is 48.5 Å². The highest BCUT2D eigenvalue weighted by Gasteiger charge is 2.32. The van der Waals surface area contributed by atoms with Crippen molar-refractivity contribution in [3.63, 3.8) is 0 Å². The van der Waals surface area contributed by atoms with Crippen molar-refractivity contribution in [2.45, 2.75) is 64.9 Å². The minimum absolute atomic E-state index is 0.118. The Bertz CT molecular complexity index is 1640. The number of nitrogens with one attached hydrogen (secondary N) is 6. The van der Waals surface area contributed by atoms with Crippen molar-refractivity contribution in [2.75, 3.05) is 99.5 Å². The van der Waals surface area contributed by atoms with Gasteiger partial charge in [-0.15, -0.1) is 0 Å². The molecule has 340 valence electrons. The molecule has 4 rings (SSSR count). The minimum Gasteiger partial charge on any atom is -0.493 e. The van der Waals surface area contributed by atoms with E-state index in [2.05, 4.69) is 41.8 Å². The third kappa shape index (κ3) is 16.9. The van der Waals surface area contributed by atoms with Crippen molar-refractivity contribution >= 4 is 23.9 Å². The maximum Gasteiger partial charge on any atom is 0.315 e. The van der Waals surface area contributed by atoms with E-state index in [-0.39, 0.29) is 31.3 Å². The van der Waals surface area contributed by atoms with E-state index in [4.69, 9.17) is 18.9 Å². The number of amides is 6. The van der Waals surface area contributed by atoms with Gasteiger partial charge in [0.05, 0.1) is 52.8 Å². The van der Waals surface area contributed by atoms with E-state index < -0.39 is 48.1 Å². The first kappa shape index (κ1) is 48.9. The van der Waals surface area contributed by atoms with Crippen molar-refractivity contribution < 1.29 is 43.2 Å². The Balaban J connectivity index is 1.50. The zero-order chi connectivity index (χ0) is 44.1. The van der Waals surface area contributed by atoms with Crippen molar-refractivity contribution in [3.8, 4) is 11.5 Å². The molecule has 6 amide bonds. The highest BCUT2D eigenvalue weighted by molar-refractivity contribution is 5.88. The number of carbonyl (C=O) groups is 4. The fourth-order valence-electron chi connectivity index (χ4n) is 7.11. The monoisotopic (exact) mass is 856 g/mol. The summed E-state index contributed by atoms with van der Waals surface area (Å²) in [4.78, 5) is 58.5. The summed E-state index contributed by atoms with van der Waals surface area (Å²) in [6.07, 6.45) is -0.975. The van der Waals surface area contributed by atoms with Gasteiger partial charge in [-0.05, 0) is 41.5 Å². The second-order valence-electron chi connectivity index (χ2n) is 16.1. The van der Waals surface area contributed by atoms with Crippen molar-refractivity contribution in [2.24, 2.45) is 11.8 Å². The summed E-state index contributed by atoms with van der Waals surface area (Å²) in [6, 6.07) is 11.2. The normalized spacial score (nSPS) is 16.9. The highest BCUT2D eigenvalue weighted by Crippen LogP contribution is 2.28. The molecule has 18 nitrogen and oxygen atoms in total. The number of rotatable bonds is 23. The lowest BCUT2D eigenvalue weighted by molar-refractivity contribution is -0.131. The number of hydrogen-bond donors (Lipinski definition) is 7. The molecule has 2 aliphatic rings. The van der Waals surface area contributed by atoms with Gasteiger partial charge in [0, 0.05) is 65.4 Å². The number of hydrazine groups is 1. The predicted octanol–water partition coefficient (Wildman–Crippen LogP) is 0.937. The van der Waals surface area contributed by atoms with E-state index in [1.54, 1.807) is 17.1 Å². The molecule has 0 unspecified atom stereocenters. The van der Waals surface area contributed by atoms with Crippen LogP contribution >= 0.6 is 0 Å². The van der Waals surface area contributed by atoms with Crippen LogP contribution in [0.25, 0.3) is 0 Å². The lowest BCUT2D eigenvalue weighted by Gasteiger charge is -2.33. The van der Waals surface area contributed by atoms with E-state index in [1.807, 2.05) is 64.1 Å². The molecule has 18 heteroatoms. The highest BCUT2D eigenvalue weighted by atomic mass is 16.5. The quantitative estimate of drug-likeness (QED) is 0.0781. The first-order chi connectivity index (χ1) is 29.4. The van der Waals surface area contributed by atoms with Gasteiger partial charge in [-0.2, -0.15) is 0 Å². The lowest BCUT2D eigenvalue weighted by atomic mass is 9.98. The van der Waals surface area contributed by atoms with Gasteiger partial charge in [-0.25, -0.2) is 14.6 Å². The number of benzene rings is 2. The summed E-state index contributed by atoms with van der Waals surface area (Å²) < 4.78 is 21.8. The van der Waals surface area contributed by atoms with Crippen LogP contribution in [0.4, 0.5) is 9.59 Å². The third-order valence-electron chi connectivity index (χ3n) is 10.7. The van der Waals surface area contributed by atoms with Gasteiger partial charge < -0.3 is 50.6 Å². The Labute approximate surface area is 360 Å². The molecule has 2 fully saturated rings. The molecule has 2 saturated heterocycles. The number of urea groups is 2. The fraction of sp³-hybridized carbons (Fsp3) is 0.628. The number of carbonyl (C=O) groups excluding carboxylic acids is 4. The number of aliphatic hydroxyl groups is 1. The van der Waals surface area contributed by atoms with Crippen LogP contribution in [0.3, 0.4) is 0 Å². The largest absolute Gasteiger partial charge is 0.493 e. The maximum atomic E-state index is 14.0. The van der Waals surface area contributed by atoms with E-state index >= 15 is 0 Å². The van der Waals surface area contributed by atoms with Gasteiger partial charge in [-0.3, -0.25) is 24.8 Å². The number of aliphatic hydroxyl groups excluding tert-OH is 1. The smallest absolute Gasteiger partial charge is 0.315 e. The van der Waals surface area contributed by atoms with Gasteiger partial charge in [0.1, 0.15) is 12.1 Å². The van der Waals surface area contributed by atoms with Crippen molar-refractivity contribution in [3.05, 3.63) is 59.7 Å². The second-order valence-corrected chi connectivity index (χ2v) is 16.1. The zero-order valence-electron chi connectivity index (χ0n) is 36.7. The average molecular weight is 856 g/mol. The molecule has 0 aromatic heterocycles. The minimum atomic E-state index is -1.23. The van der Waals surface area contributed by atoms with Gasteiger partial charge >= 0.3 is 12.1 Å². The predicted molar refractivity (Wildman–Crippen MR) is 231 cm³/mol. The van der Waals surface area contributed by atoms with Crippen molar-refractivity contribution in [1.29, 1.82) is 0 Å². The van der Waals surface area contributed by atoms with Gasteiger partial charge in [-0.1, -0.05) is 64.1 Å². The number of methoxy groups -OCH3 is 2. The molecular weight excluding hydrogens is 787 g/mol.